The first-order valence-corrected chi connectivity index (χ1v) is 5.83. The number of amides is 1. The molecule has 0 aromatic carbocycles. The van der Waals surface area contributed by atoms with Crippen LogP contribution in [0.25, 0.3) is 0 Å². The molecule has 0 bridgehead atoms. The van der Waals surface area contributed by atoms with Crippen molar-refractivity contribution >= 4 is 5.91 Å². The molecule has 1 saturated heterocycles. The van der Waals surface area contributed by atoms with Crippen molar-refractivity contribution in [2.45, 2.75) is 19.4 Å². The molecule has 4 heteroatoms. The van der Waals surface area contributed by atoms with Crippen molar-refractivity contribution in [1.29, 1.82) is 0 Å². The Labute approximate surface area is 98.3 Å². The molecule has 0 aromatic heterocycles. The lowest BCUT2D eigenvalue weighted by molar-refractivity contribution is -0.138. The van der Waals surface area contributed by atoms with E-state index in [9.17, 15) is 4.79 Å². The molecule has 1 aliphatic heterocycles. The zero-order valence-corrected chi connectivity index (χ0v) is 10.6. The summed E-state index contributed by atoms with van der Waals surface area (Å²) in [5, 5.41) is 3.05. The van der Waals surface area contributed by atoms with Crippen LogP contribution in [0.2, 0.25) is 0 Å². The fraction of sp³-hybridized carbons (Fsp3) is 0.750. The molecule has 1 rings (SSSR count). The maximum atomic E-state index is 12.1. The Hall–Kier alpha value is -0.870. The van der Waals surface area contributed by atoms with E-state index in [4.69, 9.17) is 0 Å². The number of piperazine rings is 1. The van der Waals surface area contributed by atoms with Gasteiger partial charge in [0.05, 0.1) is 5.54 Å². The largest absolute Gasteiger partial charge is 0.339 e. The number of rotatable bonds is 4. The summed E-state index contributed by atoms with van der Waals surface area (Å²) in [4.78, 5) is 16.4. The molecule has 0 atom stereocenters. The number of hydrogen-bond acceptors (Lipinski definition) is 3. The standard InChI is InChI=1S/C12H23N3O/c1-5-6-14-7-9-15(10-8-14)11(16)12(2,3)13-4/h5,13H,1,6-10H2,2-4H3. The van der Waals surface area contributed by atoms with Gasteiger partial charge in [0.1, 0.15) is 0 Å². The third kappa shape index (κ3) is 3.06. The highest BCUT2D eigenvalue weighted by Gasteiger charge is 2.31. The van der Waals surface area contributed by atoms with Crippen molar-refractivity contribution < 1.29 is 4.79 Å². The molecule has 0 saturated carbocycles. The summed E-state index contributed by atoms with van der Waals surface area (Å²) >= 11 is 0. The number of carbonyl (C=O) groups is 1. The fourth-order valence-electron chi connectivity index (χ4n) is 1.82. The monoisotopic (exact) mass is 225 g/mol. The molecule has 0 radical (unpaired) electrons. The molecule has 0 aromatic rings. The van der Waals surface area contributed by atoms with Crippen molar-refractivity contribution in [3.05, 3.63) is 12.7 Å². The van der Waals surface area contributed by atoms with E-state index in [0.29, 0.717) is 0 Å². The number of nitrogens with one attached hydrogen (secondary N) is 1. The molecule has 1 heterocycles. The van der Waals surface area contributed by atoms with Gasteiger partial charge in [-0.05, 0) is 20.9 Å². The molecule has 4 nitrogen and oxygen atoms in total. The average Bonchev–Trinajstić information content (AvgIpc) is 2.29. The van der Waals surface area contributed by atoms with Gasteiger partial charge < -0.3 is 10.2 Å². The predicted molar refractivity (Wildman–Crippen MR) is 66.4 cm³/mol. The molecule has 0 aliphatic carbocycles. The molecular weight excluding hydrogens is 202 g/mol. The summed E-state index contributed by atoms with van der Waals surface area (Å²) in [6, 6.07) is 0. The maximum absolute atomic E-state index is 12.1. The Balaban J connectivity index is 2.47. The van der Waals surface area contributed by atoms with Gasteiger partial charge in [-0.25, -0.2) is 0 Å². The van der Waals surface area contributed by atoms with Gasteiger partial charge >= 0.3 is 0 Å². The second kappa shape index (κ2) is 5.46. The highest BCUT2D eigenvalue weighted by molar-refractivity contribution is 5.85. The van der Waals surface area contributed by atoms with Crippen molar-refractivity contribution in [2.24, 2.45) is 0 Å². The quantitative estimate of drug-likeness (QED) is 0.700. The molecular formula is C12H23N3O. The van der Waals surface area contributed by atoms with Crippen LogP contribution < -0.4 is 5.32 Å². The van der Waals surface area contributed by atoms with Crippen LogP contribution in [0.5, 0.6) is 0 Å². The highest BCUT2D eigenvalue weighted by atomic mass is 16.2. The van der Waals surface area contributed by atoms with E-state index < -0.39 is 5.54 Å². The van der Waals surface area contributed by atoms with Crippen LogP contribution in [-0.4, -0.2) is 61.0 Å². The maximum Gasteiger partial charge on any atom is 0.242 e. The number of nitrogens with zero attached hydrogens (tertiary/aromatic N) is 2. The normalized spacial score (nSPS) is 18.6. The first-order chi connectivity index (χ1) is 7.51. The molecule has 0 unspecified atom stereocenters. The Morgan fingerprint density at radius 2 is 1.94 bits per heavy atom. The molecule has 1 amide bonds. The third-order valence-electron chi connectivity index (χ3n) is 3.21. The minimum atomic E-state index is -0.458. The molecule has 92 valence electrons. The van der Waals surface area contributed by atoms with E-state index in [2.05, 4.69) is 16.8 Å². The van der Waals surface area contributed by atoms with Crippen LogP contribution >= 0.6 is 0 Å². The van der Waals surface area contributed by atoms with Crippen LogP contribution in [-0.2, 0) is 4.79 Å². The van der Waals surface area contributed by atoms with Crippen molar-refractivity contribution in [3.63, 3.8) is 0 Å². The lowest BCUT2D eigenvalue weighted by Gasteiger charge is -2.38. The van der Waals surface area contributed by atoms with Crippen LogP contribution in [0.3, 0.4) is 0 Å². The molecule has 0 spiro atoms. The summed E-state index contributed by atoms with van der Waals surface area (Å²) in [6.45, 7) is 12.0. The second-order valence-electron chi connectivity index (χ2n) is 4.76. The summed E-state index contributed by atoms with van der Waals surface area (Å²) in [5.74, 6) is 0.188. The molecule has 1 N–H and O–H groups in total. The lowest BCUT2D eigenvalue weighted by Crippen LogP contribution is -2.57. The first-order valence-electron chi connectivity index (χ1n) is 5.83. The Bertz CT molecular complexity index is 255. The fourth-order valence-corrected chi connectivity index (χ4v) is 1.82. The van der Waals surface area contributed by atoms with Gasteiger partial charge in [-0.1, -0.05) is 6.08 Å². The van der Waals surface area contributed by atoms with Crippen LogP contribution in [0, 0.1) is 0 Å². The van der Waals surface area contributed by atoms with Crippen molar-refractivity contribution in [1.82, 2.24) is 15.1 Å². The summed E-state index contributed by atoms with van der Waals surface area (Å²) in [5.41, 5.74) is -0.458. The van der Waals surface area contributed by atoms with Crippen LogP contribution in [0.4, 0.5) is 0 Å². The second-order valence-corrected chi connectivity index (χ2v) is 4.76. The van der Waals surface area contributed by atoms with Crippen molar-refractivity contribution in [3.8, 4) is 0 Å². The van der Waals surface area contributed by atoms with Gasteiger partial charge in [-0.15, -0.1) is 6.58 Å². The van der Waals surface area contributed by atoms with E-state index in [0.717, 1.165) is 32.7 Å². The zero-order valence-electron chi connectivity index (χ0n) is 10.6. The molecule has 16 heavy (non-hydrogen) atoms. The zero-order chi connectivity index (χ0) is 12.2. The number of likely N-dealkylation sites (N-methyl/N-ethyl adjacent to an activating group) is 1. The predicted octanol–water partition coefficient (Wildman–Crippen LogP) is 0.315. The average molecular weight is 225 g/mol. The number of hydrogen-bond donors (Lipinski definition) is 1. The molecule has 1 fully saturated rings. The summed E-state index contributed by atoms with van der Waals surface area (Å²) in [7, 11) is 1.83. The van der Waals surface area contributed by atoms with E-state index in [1.165, 1.54) is 0 Å². The van der Waals surface area contributed by atoms with Gasteiger partial charge in [0, 0.05) is 32.7 Å². The first kappa shape index (κ1) is 13.2. The SMILES string of the molecule is C=CCN1CCN(C(=O)C(C)(C)NC)CC1. The minimum absolute atomic E-state index is 0.188. The van der Waals surface area contributed by atoms with E-state index in [1.54, 1.807) is 0 Å². The van der Waals surface area contributed by atoms with E-state index in [-0.39, 0.29) is 5.91 Å². The van der Waals surface area contributed by atoms with Crippen LogP contribution in [0.1, 0.15) is 13.8 Å². The molecule has 1 aliphatic rings. The summed E-state index contributed by atoms with van der Waals surface area (Å²) < 4.78 is 0. The number of carbonyl (C=O) groups excluding carboxylic acids is 1. The Morgan fingerprint density at radius 3 is 2.38 bits per heavy atom. The topological polar surface area (TPSA) is 35.6 Å². The van der Waals surface area contributed by atoms with E-state index >= 15 is 0 Å². The Morgan fingerprint density at radius 1 is 1.38 bits per heavy atom. The third-order valence-corrected chi connectivity index (χ3v) is 3.21. The van der Waals surface area contributed by atoms with Gasteiger partial charge in [0.25, 0.3) is 0 Å². The summed E-state index contributed by atoms with van der Waals surface area (Å²) in [6.07, 6.45) is 1.91. The highest BCUT2D eigenvalue weighted by Crippen LogP contribution is 2.10. The minimum Gasteiger partial charge on any atom is -0.339 e. The van der Waals surface area contributed by atoms with E-state index in [1.807, 2.05) is 31.9 Å². The lowest BCUT2D eigenvalue weighted by atomic mass is 10.0. The Kier molecular flexibility index (Phi) is 4.50. The van der Waals surface area contributed by atoms with Gasteiger partial charge in [-0.3, -0.25) is 9.69 Å². The van der Waals surface area contributed by atoms with Gasteiger partial charge in [0.2, 0.25) is 5.91 Å². The van der Waals surface area contributed by atoms with Gasteiger partial charge in [-0.2, -0.15) is 0 Å². The van der Waals surface area contributed by atoms with Gasteiger partial charge in [0.15, 0.2) is 0 Å². The smallest absolute Gasteiger partial charge is 0.242 e. The van der Waals surface area contributed by atoms with Crippen LogP contribution in [0.15, 0.2) is 12.7 Å². The van der Waals surface area contributed by atoms with Crippen molar-refractivity contribution in [2.75, 3.05) is 39.8 Å².